The molecule has 4 spiro atoms. The molecule has 0 bridgehead atoms. The first-order chi connectivity index (χ1) is 62.0. The number of hydrogen-bond acceptors (Lipinski definition) is 19. The van der Waals surface area contributed by atoms with Crippen LogP contribution in [0.5, 0.6) is 0 Å². The van der Waals surface area contributed by atoms with Gasteiger partial charge in [0, 0.05) is 35.2 Å². The molecule has 6 saturated carbocycles. The molecule has 0 atom stereocenters. The third kappa shape index (κ3) is 18.7. The number of anilines is 4. The summed E-state index contributed by atoms with van der Waals surface area (Å²) in [6.45, 7) is 11.6. The maximum atomic E-state index is 13.7. The molecular weight excluding hydrogens is 1640 g/mol. The van der Waals surface area contributed by atoms with Crippen LogP contribution in [0.1, 0.15) is 193 Å². The van der Waals surface area contributed by atoms with Gasteiger partial charge in [-0.05, 0) is 224 Å². The van der Waals surface area contributed by atoms with Gasteiger partial charge in [-0.1, -0.05) is 140 Å². The zero-order valence-corrected chi connectivity index (χ0v) is 75.6. The second-order valence-electron chi connectivity index (χ2n) is 38.5. The number of hydrogen-bond donors (Lipinski definition) is 6. The Morgan fingerprint density at radius 3 is 1.28 bits per heavy atom. The van der Waals surface area contributed by atoms with Gasteiger partial charge in [-0.2, -0.15) is 18.4 Å². The van der Waals surface area contributed by atoms with Crippen LogP contribution in [0.15, 0.2) is 183 Å². The molecule has 3 aromatic heterocycles. The molecule has 5 aliphatic heterocycles. The van der Waals surface area contributed by atoms with Crippen LogP contribution >= 0.6 is 0 Å². The number of rotatable bonds is 19. The number of ether oxygens (including phenoxy) is 1. The van der Waals surface area contributed by atoms with Crippen LogP contribution in [0.25, 0.3) is 0 Å². The van der Waals surface area contributed by atoms with E-state index >= 15 is 0 Å². The number of nitriles is 1. The second-order valence-corrected chi connectivity index (χ2v) is 38.5. The standard InChI is InChI=1S/C26H32F3N5O2.C25H34N6O2.C25H33N5O2.C23H26N4O/c1-2-32-25(19-7-4-3-5-8-19)13-11-23(12-14-25)17-33(20-15-30-21(31-16-20)26(27,28)29)22(35)34(23)18-24(36)9-6-10-24;1-29(2)25(20-6-4-3-5-7-20)10-8-24(9-11-25)19-31(23(32)28-24)21-16-26-22(27-17-21)18-30-12-14-33-15-13-30;1-19-27-15-21(16-28-19)29-17-23(30(22(29)31)18-24(32)9-6-10-24)11-13-25(26-2,14-12-23)20-7-4-3-5-8-20;1-26(2)23(19-9-4-3-5-10-19)14-12-22(13-15-23)17-27(21(28)25-22)20-11-7-6-8-18(20)16-24/h3-5,7-8,15-16,32,36H,2,6,9-14,17-18H2,1H3;3-7,16-17H,8-15,18-19H2,1-2H3,(H,28,32);3-5,7-8,15-16,26,32H,6,9-14,17-18H2,1-2H3;3-11H,12-15,17H2,1-2H3,(H,25,28). The highest BCUT2D eigenvalue weighted by molar-refractivity contribution is 5.98. The van der Waals surface area contributed by atoms with E-state index in [9.17, 15) is 47.8 Å². The first kappa shape index (κ1) is 91.7. The molecule has 19 rings (SSSR count). The van der Waals surface area contributed by atoms with Crippen molar-refractivity contribution in [3.8, 4) is 6.07 Å². The van der Waals surface area contributed by atoms with E-state index in [2.05, 4.69) is 210 Å². The Morgan fingerprint density at radius 1 is 0.481 bits per heavy atom. The number of carbonyl (C=O) groups is 4. The fourth-order valence-electron chi connectivity index (χ4n) is 22.4. The summed E-state index contributed by atoms with van der Waals surface area (Å²) in [4.78, 5) is 95.3. The topological polar surface area (TPSA) is 296 Å². The van der Waals surface area contributed by atoms with E-state index < -0.39 is 28.7 Å². The number of aryl methyl sites for hydroxylation is 1. The van der Waals surface area contributed by atoms with Gasteiger partial charge in [-0.15, -0.1) is 0 Å². The number of nitrogens with one attached hydrogen (secondary N) is 4. The molecule has 11 aliphatic rings. The number of alkyl halides is 3. The summed E-state index contributed by atoms with van der Waals surface area (Å²) < 4.78 is 44.3. The van der Waals surface area contributed by atoms with Crippen molar-refractivity contribution in [2.75, 3.05) is 127 Å². The second kappa shape index (κ2) is 37.3. The lowest BCUT2D eigenvalue weighted by Gasteiger charge is -2.50. The van der Waals surface area contributed by atoms with E-state index in [0.717, 1.165) is 178 Å². The zero-order chi connectivity index (χ0) is 90.7. The van der Waals surface area contributed by atoms with Crippen molar-refractivity contribution in [1.82, 2.24) is 75.7 Å². The molecule has 30 heteroatoms. The molecule has 8 heterocycles. The first-order valence-corrected chi connectivity index (χ1v) is 46.1. The van der Waals surface area contributed by atoms with Crippen molar-refractivity contribution in [3.05, 3.63) is 228 Å². The third-order valence-corrected chi connectivity index (χ3v) is 30.8. The minimum Gasteiger partial charge on any atom is -0.388 e. The van der Waals surface area contributed by atoms with E-state index in [-0.39, 0.29) is 75.1 Å². The Kier molecular flexibility index (Phi) is 26.5. The van der Waals surface area contributed by atoms with Crippen molar-refractivity contribution in [2.24, 2.45) is 0 Å². The van der Waals surface area contributed by atoms with Gasteiger partial charge in [0.15, 0.2) is 0 Å². The monoisotopic (exact) mass is 1760 g/mol. The summed E-state index contributed by atoms with van der Waals surface area (Å²) in [6, 6.07) is 51.4. The minimum atomic E-state index is -4.65. The quantitative estimate of drug-likeness (QED) is 0.0438. The van der Waals surface area contributed by atoms with Gasteiger partial charge in [-0.25, -0.2) is 49.1 Å². The highest BCUT2D eigenvalue weighted by atomic mass is 19.4. The van der Waals surface area contributed by atoms with E-state index in [1.165, 1.54) is 27.2 Å². The number of para-hydroxylation sites is 1. The average molecular weight is 1760 g/mol. The lowest BCUT2D eigenvalue weighted by atomic mass is 9.68. The molecule has 6 aliphatic carbocycles. The van der Waals surface area contributed by atoms with Crippen molar-refractivity contribution < 1.29 is 47.3 Å². The number of nitrogens with zero attached hydrogens (tertiary/aromatic N) is 16. The highest BCUT2D eigenvalue weighted by Gasteiger charge is 2.60. The molecule has 27 nitrogen and oxygen atoms in total. The number of aromatic nitrogens is 6. The molecule has 6 N–H and O–H groups in total. The van der Waals surface area contributed by atoms with Gasteiger partial charge in [0.25, 0.3) is 0 Å². The zero-order valence-electron chi connectivity index (χ0n) is 75.6. The predicted molar refractivity (Wildman–Crippen MR) is 489 cm³/mol. The van der Waals surface area contributed by atoms with Crippen LogP contribution in [-0.2, 0) is 39.6 Å². The van der Waals surface area contributed by atoms with E-state index in [4.69, 9.17) is 4.74 Å². The number of amides is 8. The Balaban J connectivity index is 0.000000127. The van der Waals surface area contributed by atoms with Gasteiger partial charge in [-0.3, -0.25) is 34.3 Å². The van der Waals surface area contributed by atoms with Crippen molar-refractivity contribution in [3.63, 3.8) is 0 Å². The maximum Gasteiger partial charge on any atom is 0.451 e. The number of β-amino-alcohol motifs (C(OH)–C–C–N with tert-alkyl or cyclic N) is 2. The molecule has 5 aromatic carbocycles. The van der Waals surface area contributed by atoms with Crippen molar-refractivity contribution >= 4 is 46.9 Å². The predicted octanol–water partition coefficient (Wildman–Crippen LogP) is 14.3. The largest absolute Gasteiger partial charge is 0.451 e. The van der Waals surface area contributed by atoms with Crippen LogP contribution in [0, 0.1) is 18.3 Å². The summed E-state index contributed by atoms with van der Waals surface area (Å²) in [7, 11) is 10.7. The summed E-state index contributed by atoms with van der Waals surface area (Å²) in [6.07, 6.45) is 23.6. The normalized spacial score (nSPS) is 28.3. The SMILES string of the molecule is CCNC1(c2ccccc2)CCC2(CC1)CN(c1cnc(C(F)(F)F)nc1)C(=O)N2CC1(O)CCC1.CN(C)C1(c2ccccc2)CCC2(CC1)CN(c1ccccc1C#N)C(=O)N2.CN(C)C1(c2ccccc2)CCC2(CC1)CN(c1cnc(CN3CCOCC3)nc1)C(=O)N2.CNC1(c2ccccc2)CCC2(CC1)CN(c1cnc(C)nc1)C(=O)N2CC1(O)CCC1. The maximum absolute atomic E-state index is 13.7. The van der Waals surface area contributed by atoms with Gasteiger partial charge < -0.3 is 46.0 Å². The number of halogens is 3. The number of morpholine rings is 1. The number of carbonyl (C=O) groups excluding carboxylic acids is 4. The van der Waals surface area contributed by atoms with Crippen molar-refractivity contribution in [1.29, 1.82) is 5.26 Å². The molecule has 684 valence electrons. The smallest absolute Gasteiger partial charge is 0.388 e. The number of aliphatic hydroxyl groups is 2. The Hall–Kier alpha value is -10.6. The molecule has 5 saturated heterocycles. The number of benzene rings is 5. The Morgan fingerprint density at radius 2 is 0.868 bits per heavy atom. The van der Waals surface area contributed by atoms with Crippen LogP contribution in [0.3, 0.4) is 0 Å². The molecule has 8 aromatic rings. The fraction of sp³-hybridized carbons (Fsp3) is 0.525. The third-order valence-electron chi connectivity index (χ3n) is 30.8. The average Bonchev–Trinajstić information content (AvgIpc) is 1.59. The van der Waals surface area contributed by atoms with Crippen molar-refractivity contribution in [2.45, 2.75) is 223 Å². The van der Waals surface area contributed by atoms with Gasteiger partial charge in [0.1, 0.15) is 17.7 Å². The van der Waals surface area contributed by atoms with Gasteiger partial charge in [0.05, 0.1) is 158 Å². The van der Waals surface area contributed by atoms with E-state index in [1.807, 2.05) is 65.1 Å². The first-order valence-electron chi connectivity index (χ1n) is 46.1. The fourth-order valence-corrected chi connectivity index (χ4v) is 22.4. The molecular formula is C99H125F3N20O7. The summed E-state index contributed by atoms with van der Waals surface area (Å²) >= 11 is 0. The lowest BCUT2D eigenvalue weighted by molar-refractivity contribution is -0.145. The van der Waals surface area contributed by atoms with Gasteiger partial charge >= 0.3 is 30.3 Å². The van der Waals surface area contributed by atoms with Gasteiger partial charge in [0.2, 0.25) is 5.82 Å². The van der Waals surface area contributed by atoms with Crippen LogP contribution in [0.4, 0.5) is 55.1 Å². The minimum absolute atomic E-state index is 0.00474. The lowest BCUT2D eigenvalue weighted by Crippen LogP contribution is -2.59. The Bertz CT molecular complexity index is 5210. The van der Waals surface area contributed by atoms with E-state index in [1.54, 1.807) is 40.7 Å². The van der Waals surface area contributed by atoms with Crippen LogP contribution in [0.2, 0.25) is 0 Å². The number of urea groups is 4. The molecule has 11 fully saturated rings. The molecule has 0 radical (unpaired) electrons. The molecule has 8 amide bonds. The van der Waals surface area contributed by atoms with Crippen LogP contribution in [-0.4, -0.2) is 229 Å². The summed E-state index contributed by atoms with van der Waals surface area (Å²) in [5.74, 6) is 0.241. The molecule has 0 unspecified atom stereocenters. The highest BCUT2D eigenvalue weighted by Crippen LogP contribution is 2.54. The molecule has 129 heavy (non-hydrogen) atoms. The Labute approximate surface area is 755 Å². The van der Waals surface area contributed by atoms with E-state index in [0.29, 0.717) is 82.0 Å². The van der Waals surface area contributed by atoms with Crippen LogP contribution < -0.4 is 40.9 Å². The summed E-state index contributed by atoms with van der Waals surface area (Å²) in [5.41, 5.74) is 4.98. The summed E-state index contributed by atoms with van der Waals surface area (Å²) in [5, 5.41) is 45.2.